The van der Waals surface area contributed by atoms with Crippen LogP contribution in [0, 0.1) is 0 Å². The minimum atomic E-state index is 0.0903. The van der Waals surface area contributed by atoms with Gasteiger partial charge in [0.05, 0.1) is 0 Å². The third-order valence-corrected chi connectivity index (χ3v) is 1.07. The van der Waals surface area contributed by atoms with Crippen molar-refractivity contribution in [2.45, 2.75) is 0 Å². The van der Waals surface area contributed by atoms with Crippen LogP contribution in [-0.4, -0.2) is 9.97 Å². The van der Waals surface area contributed by atoms with E-state index in [0.29, 0.717) is 0 Å². The highest BCUT2D eigenvalue weighted by Gasteiger charge is 1.94. The van der Waals surface area contributed by atoms with Crippen molar-refractivity contribution in [1.82, 2.24) is 9.97 Å². The molecule has 0 saturated heterocycles. The van der Waals surface area contributed by atoms with E-state index in [0.717, 1.165) is 0 Å². The van der Waals surface area contributed by atoms with Crippen LogP contribution >= 0.6 is 23.2 Å². The Kier molecular flexibility index (Phi) is 1.73. The molecule has 48 valence electrons. The molecule has 0 aliphatic carbocycles. The summed E-state index contributed by atoms with van der Waals surface area (Å²) in [5.41, 5.74) is 5.17. The van der Waals surface area contributed by atoms with Crippen LogP contribution < -0.4 is 5.73 Å². The van der Waals surface area contributed by atoms with Gasteiger partial charge in [0.1, 0.15) is 10.3 Å². The molecule has 0 aliphatic heterocycles. The zero-order valence-corrected chi connectivity index (χ0v) is 5.82. The molecule has 1 aromatic rings. The zero-order chi connectivity index (χ0) is 6.85. The van der Waals surface area contributed by atoms with Crippen molar-refractivity contribution in [1.29, 1.82) is 0 Å². The lowest BCUT2D eigenvalue weighted by Crippen LogP contribution is -1.93. The Morgan fingerprint density at radius 2 is 1.67 bits per heavy atom. The molecule has 0 bridgehead atoms. The molecule has 0 fully saturated rings. The van der Waals surface area contributed by atoms with E-state index in [1.54, 1.807) is 0 Å². The lowest BCUT2D eigenvalue weighted by atomic mass is 10.7. The molecule has 1 rings (SSSR count). The maximum atomic E-state index is 5.43. The molecule has 1 aromatic heterocycles. The molecule has 1 heterocycles. The van der Waals surface area contributed by atoms with Crippen LogP contribution in [0.5, 0.6) is 0 Å². The molecular weight excluding hydrogens is 162 g/mol. The first-order valence-corrected chi connectivity index (χ1v) is 2.89. The molecule has 0 aromatic carbocycles. The smallest absolute Gasteiger partial charge is 0.222 e. The van der Waals surface area contributed by atoms with Crippen molar-refractivity contribution in [3.63, 3.8) is 0 Å². The number of nitrogens with zero attached hydrogens (tertiary/aromatic N) is 2. The predicted molar refractivity (Wildman–Crippen MR) is 36.5 cm³/mol. The summed E-state index contributed by atoms with van der Waals surface area (Å²) >= 11 is 10.9. The number of nitrogens with two attached hydrogens (primary N) is 1. The van der Waals surface area contributed by atoms with Gasteiger partial charge >= 0.3 is 0 Å². The molecule has 9 heavy (non-hydrogen) atoms. The second-order valence-electron chi connectivity index (χ2n) is 1.37. The fourth-order valence-electron chi connectivity index (χ4n) is 0.407. The second-order valence-corrected chi connectivity index (χ2v) is 2.15. The number of aromatic nitrogens is 2. The first-order valence-electron chi connectivity index (χ1n) is 2.14. The van der Waals surface area contributed by atoms with Crippen molar-refractivity contribution in [3.05, 3.63) is 16.4 Å². The average Bonchev–Trinajstić information content (AvgIpc) is 1.59. The normalized spacial score (nSPS) is 9.56. The summed E-state index contributed by atoms with van der Waals surface area (Å²) in [5, 5.41) is 0.514. The van der Waals surface area contributed by atoms with Crippen molar-refractivity contribution in [2.75, 3.05) is 5.73 Å². The van der Waals surface area contributed by atoms with Gasteiger partial charge in [-0.15, -0.1) is 0 Å². The quantitative estimate of drug-likeness (QED) is 0.466. The van der Waals surface area contributed by atoms with E-state index in [4.69, 9.17) is 28.9 Å². The van der Waals surface area contributed by atoms with Gasteiger partial charge in [-0.1, -0.05) is 23.2 Å². The van der Waals surface area contributed by atoms with Crippen LogP contribution in [0.25, 0.3) is 0 Å². The predicted octanol–water partition coefficient (Wildman–Crippen LogP) is 1.37. The summed E-state index contributed by atoms with van der Waals surface area (Å²) in [6.07, 6.45) is 0. The van der Waals surface area contributed by atoms with Gasteiger partial charge < -0.3 is 5.73 Å². The van der Waals surface area contributed by atoms with Crippen molar-refractivity contribution in [3.8, 4) is 0 Å². The monoisotopic (exact) mass is 164 g/mol. The van der Waals surface area contributed by atoms with Crippen LogP contribution in [0.1, 0.15) is 0 Å². The molecule has 0 amide bonds. The van der Waals surface area contributed by atoms with Crippen LogP contribution in [0.15, 0.2) is 6.07 Å². The fourth-order valence-corrected chi connectivity index (χ4v) is 0.842. The molecule has 5 heteroatoms. The molecule has 0 radical (unpaired) electrons. The highest BCUT2D eigenvalue weighted by Crippen LogP contribution is 2.11. The SMILES string of the molecule is [15NH2]c1nc(Cl)cc(Cl)n1. The van der Waals surface area contributed by atoms with E-state index in [1.165, 1.54) is 6.07 Å². The Balaban J connectivity index is 3.17. The molecule has 0 saturated carbocycles. The van der Waals surface area contributed by atoms with E-state index in [2.05, 4.69) is 9.97 Å². The Labute approximate surface area is 61.8 Å². The first kappa shape index (κ1) is 6.58. The molecule has 3 nitrogen and oxygen atoms in total. The van der Waals surface area contributed by atoms with E-state index >= 15 is 0 Å². The largest absolute Gasteiger partial charge is 0.368 e. The topological polar surface area (TPSA) is 51.8 Å². The second kappa shape index (κ2) is 2.37. The van der Waals surface area contributed by atoms with Gasteiger partial charge in [-0.05, 0) is 0 Å². The number of nitrogen functional groups attached to an aromatic ring is 1. The van der Waals surface area contributed by atoms with Crippen LogP contribution in [-0.2, 0) is 0 Å². The number of hydrogen-bond donors (Lipinski definition) is 1. The van der Waals surface area contributed by atoms with Crippen molar-refractivity contribution in [2.24, 2.45) is 0 Å². The van der Waals surface area contributed by atoms with Gasteiger partial charge in [-0.3, -0.25) is 0 Å². The minimum absolute atomic E-state index is 0.0903. The average molecular weight is 165 g/mol. The van der Waals surface area contributed by atoms with Crippen molar-refractivity contribution >= 4 is 29.2 Å². The number of hydrogen-bond acceptors (Lipinski definition) is 3. The van der Waals surface area contributed by atoms with Crippen LogP contribution in [0.3, 0.4) is 0 Å². The number of rotatable bonds is 0. The van der Waals surface area contributed by atoms with Crippen molar-refractivity contribution < 1.29 is 0 Å². The van der Waals surface area contributed by atoms with Gasteiger partial charge in [0, 0.05) is 6.07 Å². The Hall–Kier alpha value is -0.540. The highest BCUT2D eigenvalue weighted by molar-refractivity contribution is 6.33. The minimum Gasteiger partial charge on any atom is -0.368 e. The Morgan fingerprint density at radius 1 is 1.22 bits per heavy atom. The Morgan fingerprint density at radius 3 is 2.00 bits per heavy atom. The maximum Gasteiger partial charge on any atom is 0.222 e. The summed E-state index contributed by atoms with van der Waals surface area (Å²) in [6.45, 7) is 0. The van der Waals surface area contributed by atoms with E-state index in [-0.39, 0.29) is 16.3 Å². The van der Waals surface area contributed by atoms with Gasteiger partial charge in [0.15, 0.2) is 0 Å². The highest BCUT2D eigenvalue weighted by atomic mass is 35.5. The molecular formula is C4H3Cl2N3. The molecule has 0 spiro atoms. The lowest BCUT2D eigenvalue weighted by Gasteiger charge is -1.91. The van der Waals surface area contributed by atoms with Gasteiger partial charge in [-0.25, -0.2) is 9.97 Å². The molecule has 0 atom stereocenters. The van der Waals surface area contributed by atoms with E-state index < -0.39 is 0 Å². The third kappa shape index (κ3) is 1.69. The first-order chi connectivity index (χ1) is 4.18. The summed E-state index contributed by atoms with van der Waals surface area (Å²) < 4.78 is 0. The molecule has 0 aliphatic rings. The van der Waals surface area contributed by atoms with Gasteiger partial charge in [0.2, 0.25) is 5.95 Å². The lowest BCUT2D eigenvalue weighted by molar-refractivity contribution is 1.19. The van der Waals surface area contributed by atoms with Crippen LogP contribution in [0.4, 0.5) is 5.95 Å². The van der Waals surface area contributed by atoms with E-state index in [9.17, 15) is 0 Å². The number of anilines is 1. The van der Waals surface area contributed by atoms with Gasteiger partial charge in [0.25, 0.3) is 0 Å². The number of halogens is 2. The molecule has 2 N–H and O–H groups in total. The Bertz CT molecular complexity index is 175. The fraction of sp³-hybridized carbons (Fsp3) is 0. The standard InChI is InChI=1S/C4H3Cl2N3/c5-2-1-3(6)9-4(7)8-2/h1H,(H2,7,8,9)/i7+1. The summed E-state index contributed by atoms with van der Waals surface area (Å²) in [4.78, 5) is 7.16. The summed E-state index contributed by atoms with van der Waals surface area (Å²) in [7, 11) is 0. The zero-order valence-electron chi connectivity index (χ0n) is 4.31. The van der Waals surface area contributed by atoms with Gasteiger partial charge in [-0.2, -0.15) is 0 Å². The maximum absolute atomic E-state index is 5.43. The summed E-state index contributed by atoms with van der Waals surface area (Å²) in [6, 6.07) is 1.42. The van der Waals surface area contributed by atoms with Crippen LogP contribution in [0.2, 0.25) is 10.3 Å². The van der Waals surface area contributed by atoms with E-state index in [1.807, 2.05) is 0 Å². The third-order valence-electron chi connectivity index (χ3n) is 0.681. The summed E-state index contributed by atoms with van der Waals surface area (Å²) in [5.74, 6) is 0.0903. The molecule has 0 unspecified atom stereocenters.